The van der Waals surface area contributed by atoms with Crippen LogP contribution in [-0.4, -0.2) is 33.9 Å². The first-order chi connectivity index (χ1) is 15.4. The van der Waals surface area contributed by atoms with E-state index in [9.17, 15) is 14.4 Å². The summed E-state index contributed by atoms with van der Waals surface area (Å²) in [4.78, 5) is 48.2. The van der Waals surface area contributed by atoms with E-state index < -0.39 is 17.3 Å². The molecule has 1 aliphatic rings. The molecule has 2 aromatic rings. The molecule has 2 heterocycles. The predicted molar refractivity (Wildman–Crippen MR) is 119 cm³/mol. The van der Waals surface area contributed by atoms with Crippen molar-refractivity contribution in [1.82, 2.24) is 15.3 Å². The first-order valence-corrected chi connectivity index (χ1v) is 11.1. The number of aromatic amines is 1. The van der Waals surface area contributed by atoms with Gasteiger partial charge in [0, 0.05) is 12.1 Å². The van der Waals surface area contributed by atoms with Crippen LogP contribution in [0.25, 0.3) is 11.1 Å². The number of aromatic nitrogens is 2. The maximum atomic E-state index is 12.6. The van der Waals surface area contributed by atoms with E-state index >= 15 is 0 Å². The second-order valence-electron chi connectivity index (χ2n) is 8.22. The Balaban J connectivity index is 1.66. The topological polar surface area (TPSA) is 136 Å². The number of hydrogen-bond donors (Lipinski definition) is 2. The number of rotatable bonds is 8. The Hall–Kier alpha value is -3.17. The van der Waals surface area contributed by atoms with Gasteiger partial charge in [-0.05, 0) is 57.9 Å². The summed E-state index contributed by atoms with van der Waals surface area (Å²) in [6.07, 6.45) is 5.57. The molecule has 3 rings (SSSR count). The van der Waals surface area contributed by atoms with Gasteiger partial charge in [-0.25, -0.2) is 9.59 Å². The van der Waals surface area contributed by atoms with E-state index in [2.05, 4.69) is 27.4 Å². The number of aryl methyl sites for hydroxylation is 1. The molecule has 0 radical (unpaired) electrons. The van der Waals surface area contributed by atoms with Gasteiger partial charge >= 0.3 is 17.7 Å². The minimum absolute atomic E-state index is 0.0132. The summed E-state index contributed by atoms with van der Waals surface area (Å²) in [6.45, 7) is 5.68. The van der Waals surface area contributed by atoms with Crippen LogP contribution in [0.3, 0.4) is 0 Å². The van der Waals surface area contributed by atoms with Crippen molar-refractivity contribution < 1.29 is 18.8 Å². The molecule has 32 heavy (non-hydrogen) atoms. The molecule has 0 spiro atoms. The van der Waals surface area contributed by atoms with Gasteiger partial charge < -0.3 is 19.3 Å². The predicted octanol–water partition coefficient (Wildman–Crippen LogP) is 3.42. The summed E-state index contributed by atoms with van der Waals surface area (Å²) in [5.41, 5.74) is 0.369. The van der Waals surface area contributed by atoms with Gasteiger partial charge in [0.15, 0.2) is 0 Å². The lowest BCUT2D eigenvalue weighted by molar-refractivity contribution is 0.111. The number of alkyl carbamates (subject to hydrolysis) is 1. The number of amides is 1. The normalized spacial score (nSPS) is 16.2. The van der Waals surface area contributed by atoms with Crippen molar-refractivity contribution in [2.75, 3.05) is 0 Å². The van der Waals surface area contributed by atoms with Crippen molar-refractivity contribution in [3.63, 3.8) is 0 Å². The highest BCUT2D eigenvalue weighted by molar-refractivity contribution is 5.85. The van der Waals surface area contributed by atoms with E-state index in [0.717, 1.165) is 25.0 Å². The number of nitrogens with zero attached hydrogens (tertiary/aromatic N) is 2. The number of carbonyl (C=O) groups is 1. The molecule has 2 aromatic heterocycles. The Morgan fingerprint density at radius 1 is 1.31 bits per heavy atom. The van der Waals surface area contributed by atoms with E-state index in [-0.39, 0.29) is 29.3 Å². The average molecular weight is 447 g/mol. The summed E-state index contributed by atoms with van der Waals surface area (Å²) < 4.78 is 10.2. The summed E-state index contributed by atoms with van der Waals surface area (Å²) in [5.74, 6) is 0. The third-order valence-electron chi connectivity index (χ3n) is 5.21. The van der Waals surface area contributed by atoms with E-state index in [1.54, 1.807) is 13.8 Å². The molecule has 0 aliphatic heterocycles. The standard InChI is InChI=1S/C22H30N4O6/c1-4-5-6-7-14-12-17(27)31-20-18(14)19(28)24-21(25-20)32-26-16-10-8-15(9-11-16)23-22(29)30-13(2)3/h12-13,15H,4-11H2,1-3H3,(H,23,29)(H,24,25,28). The van der Waals surface area contributed by atoms with Gasteiger partial charge in [-0.15, -0.1) is 0 Å². The molecule has 2 N–H and O–H groups in total. The lowest BCUT2D eigenvalue weighted by Crippen LogP contribution is -2.39. The Kier molecular flexibility index (Phi) is 8.02. The van der Waals surface area contributed by atoms with Crippen LogP contribution in [0.4, 0.5) is 4.79 Å². The van der Waals surface area contributed by atoms with Crippen molar-refractivity contribution in [3.05, 3.63) is 32.4 Å². The molecule has 1 aliphatic carbocycles. The summed E-state index contributed by atoms with van der Waals surface area (Å²) >= 11 is 0. The molecule has 0 atom stereocenters. The summed E-state index contributed by atoms with van der Waals surface area (Å²) in [5, 5.41) is 7.20. The molecule has 10 heteroatoms. The van der Waals surface area contributed by atoms with Crippen molar-refractivity contribution in [2.24, 2.45) is 5.16 Å². The van der Waals surface area contributed by atoms with E-state index in [0.29, 0.717) is 37.7 Å². The van der Waals surface area contributed by atoms with Gasteiger partial charge in [0.25, 0.3) is 5.56 Å². The molecule has 0 bridgehead atoms. The quantitative estimate of drug-likeness (QED) is 0.468. The van der Waals surface area contributed by atoms with E-state index in [1.165, 1.54) is 6.07 Å². The van der Waals surface area contributed by atoms with Crippen LogP contribution in [0.2, 0.25) is 0 Å². The Labute approximate surface area is 185 Å². The Morgan fingerprint density at radius 3 is 2.75 bits per heavy atom. The third kappa shape index (κ3) is 6.41. The zero-order valence-electron chi connectivity index (χ0n) is 18.7. The van der Waals surface area contributed by atoms with Crippen molar-refractivity contribution in [1.29, 1.82) is 0 Å². The molecule has 0 saturated heterocycles. The van der Waals surface area contributed by atoms with Gasteiger partial charge in [-0.1, -0.05) is 24.9 Å². The first-order valence-electron chi connectivity index (χ1n) is 11.1. The minimum Gasteiger partial charge on any atom is -0.447 e. The SMILES string of the molecule is CCCCCc1cc(=O)oc2nc(ON=C3CCC(NC(=O)OC(C)C)CC3)[nH]c(=O)c12. The fourth-order valence-electron chi connectivity index (χ4n) is 3.64. The lowest BCUT2D eigenvalue weighted by atomic mass is 9.94. The fraction of sp³-hybridized carbons (Fsp3) is 0.591. The van der Waals surface area contributed by atoms with Crippen LogP contribution in [0.5, 0.6) is 6.01 Å². The molecule has 0 unspecified atom stereocenters. The van der Waals surface area contributed by atoms with Crippen LogP contribution < -0.4 is 21.3 Å². The number of fused-ring (bicyclic) bond motifs is 1. The Bertz CT molecular complexity index is 1080. The third-order valence-corrected chi connectivity index (χ3v) is 5.21. The van der Waals surface area contributed by atoms with E-state index in [1.807, 2.05) is 0 Å². The smallest absolute Gasteiger partial charge is 0.407 e. The zero-order valence-corrected chi connectivity index (χ0v) is 18.7. The largest absolute Gasteiger partial charge is 0.447 e. The monoisotopic (exact) mass is 446 g/mol. The number of nitrogens with one attached hydrogen (secondary N) is 2. The molecular formula is C22H30N4O6. The molecular weight excluding hydrogens is 416 g/mol. The van der Waals surface area contributed by atoms with Crippen molar-refractivity contribution >= 4 is 22.9 Å². The number of carbonyl (C=O) groups excluding carboxylic acids is 1. The second-order valence-corrected chi connectivity index (χ2v) is 8.22. The second kappa shape index (κ2) is 10.9. The fourth-order valence-corrected chi connectivity index (χ4v) is 3.64. The minimum atomic E-state index is -0.554. The van der Waals surface area contributed by atoms with E-state index in [4.69, 9.17) is 14.0 Å². The van der Waals surface area contributed by atoms with Gasteiger partial charge in [0.05, 0.1) is 11.8 Å². The van der Waals surface area contributed by atoms with Crippen LogP contribution in [0, 0.1) is 0 Å². The highest BCUT2D eigenvalue weighted by Gasteiger charge is 2.21. The first kappa shape index (κ1) is 23.5. The molecule has 0 aromatic carbocycles. The van der Waals surface area contributed by atoms with Gasteiger partial charge in [-0.2, -0.15) is 4.98 Å². The van der Waals surface area contributed by atoms with Crippen LogP contribution in [-0.2, 0) is 11.2 Å². The van der Waals surface area contributed by atoms with Crippen LogP contribution in [0.15, 0.2) is 25.2 Å². The Morgan fingerprint density at radius 2 is 2.06 bits per heavy atom. The van der Waals surface area contributed by atoms with Crippen molar-refractivity contribution in [2.45, 2.75) is 84.3 Å². The maximum Gasteiger partial charge on any atom is 0.407 e. The number of oxime groups is 1. The van der Waals surface area contributed by atoms with Gasteiger partial charge in [-0.3, -0.25) is 9.78 Å². The molecule has 174 valence electrons. The number of ether oxygens (including phenoxy) is 1. The summed E-state index contributed by atoms with van der Waals surface area (Å²) in [6, 6.07) is 1.22. The molecule has 1 fully saturated rings. The van der Waals surface area contributed by atoms with Gasteiger partial charge in [0.2, 0.25) is 5.71 Å². The van der Waals surface area contributed by atoms with Crippen LogP contribution in [0.1, 0.15) is 71.3 Å². The molecule has 1 amide bonds. The average Bonchev–Trinajstić information content (AvgIpc) is 2.72. The van der Waals surface area contributed by atoms with Crippen molar-refractivity contribution in [3.8, 4) is 6.01 Å². The molecule has 10 nitrogen and oxygen atoms in total. The number of unbranched alkanes of at least 4 members (excludes halogenated alkanes) is 2. The van der Waals surface area contributed by atoms with Crippen LogP contribution >= 0.6 is 0 Å². The highest BCUT2D eigenvalue weighted by atomic mass is 16.6. The van der Waals surface area contributed by atoms with Gasteiger partial charge in [0.1, 0.15) is 5.39 Å². The zero-order chi connectivity index (χ0) is 23.1. The summed E-state index contributed by atoms with van der Waals surface area (Å²) in [7, 11) is 0. The number of hydrogen-bond acceptors (Lipinski definition) is 8. The molecule has 1 saturated carbocycles. The number of H-pyrrole nitrogens is 1. The lowest BCUT2D eigenvalue weighted by Gasteiger charge is -2.23. The maximum absolute atomic E-state index is 12.6. The highest BCUT2D eigenvalue weighted by Crippen LogP contribution is 2.18.